The molecule has 0 radical (unpaired) electrons. The van der Waals surface area contributed by atoms with Gasteiger partial charge in [0.1, 0.15) is 17.2 Å². The van der Waals surface area contributed by atoms with E-state index < -0.39 is 17.5 Å². The van der Waals surface area contributed by atoms with E-state index in [1.807, 2.05) is 4.90 Å². The Hall–Kier alpha value is -3.63. The fourth-order valence-corrected chi connectivity index (χ4v) is 4.09. The first-order valence-electron chi connectivity index (χ1n) is 11.3. The van der Waals surface area contributed by atoms with E-state index in [-0.39, 0.29) is 30.1 Å². The summed E-state index contributed by atoms with van der Waals surface area (Å²) in [5.41, 5.74) is -0.217. The molecule has 36 heavy (non-hydrogen) atoms. The Kier molecular flexibility index (Phi) is 10.7. The highest BCUT2D eigenvalue weighted by molar-refractivity contribution is 5.89. The molecule has 0 atom stereocenters. The second-order valence-corrected chi connectivity index (χ2v) is 8.15. The number of carboxylic acid groups (broad SMARTS) is 2. The number of rotatable bonds is 8. The maximum absolute atomic E-state index is 13.4. The number of hydrogen-bond acceptors (Lipinski definition) is 6. The Bertz CT molecular complexity index is 985. The van der Waals surface area contributed by atoms with Gasteiger partial charge in [0.05, 0.1) is 13.2 Å². The minimum Gasteiger partial charge on any atom is -0.478 e. The number of nitrogens with zero attached hydrogens (tertiary/aromatic N) is 1. The Labute approximate surface area is 207 Å². The average molecular weight is 506 g/mol. The fraction of sp³-hybridized carbons (Fsp3) is 0.346. The number of ether oxygens (including phenoxy) is 1. The minimum absolute atomic E-state index is 0.151. The van der Waals surface area contributed by atoms with Gasteiger partial charge in [-0.2, -0.15) is 0 Å². The second kappa shape index (κ2) is 13.5. The molecule has 0 aromatic heterocycles. The van der Waals surface area contributed by atoms with Crippen LogP contribution in [0.15, 0.2) is 60.7 Å². The van der Waals surface area contributed by atoms with Crippen LogP contribution < -0.4 is 0 Å². The third kappa shape index (κ3) is 8.24. The lowest BCUT2D eigenvalue weighted by atomic mass is 9.72. The zero-order valence-electron chi connectivity index (χ0n) is 19.8. The molecule has 8 nitrogen and oxygen atoms in total. The number of piperidine rings is 1. The van der Waals surface area contributed by atoms with Crippen LogP contribution in [0.25, 0.3) is 0 Å². The summed E-state index contributed by atoms with van der Waals surface area (Å²) in [7, 11) is 0. The van der Waals surface area contributed by atoms with Gasteiger partial charge in [-0.05, 0) is 74.2 Å². The van der Waals surface area contributed by atoms with Crippen LogP contribution in [0.4, 0.5) is 8.78 Å². The standard InChI is InChI=1S/C22H25F2NO3.C4H4O4/c1-2-28-21(26)15-25-13-11-18(12-14-25)22(27,16-3-7-19(23)8-4-16)17-5-9-20(24)10-6-17;5-3(6)1-2-4(7)8/h3-10,18,27H,2,11-15H2,1H3;1-2H,(H,5,6)(H,7,8). The molecule has 0 unspecified atom stereocenters. The number of hydrogen-bond donors (Lipinski definition) is 3. The van der Waals surface area contributed by atoms with Crippen molar-refractivity contribution in [2.75, 3.05) is 26.2 Å². The summed E-state index contributed by atoms with van der Waals surface area (Å²) in [5.74, 6) is -3.68. The van der Waals surface area contributed by atoms with E-state index in [9.17, 15) is 28.3 Å². The summed E-state index contributed by atoms with van der Waals surface area (Å²) in [6, 6.07) is 11.6. The summed E-state index contributed by atoms with van der Waals surface area (Å²) < 4.78 is 31.9. The maximum Gasteiger partial charge on any atom is 0.328 e. The Morgan fingerprint density at radius 2 is 1.33 bits per heavy atom. The van der Waals surface area contributed by atoms with Gasteiger partial charge in [0, 0.05) is 12.2 Å². The minimum atomic E-state index is -1.36. The SMILES string of the molecule is CCOC(=O)CN1CCC(C(O)(c2ccc(F)cc2)c2ccc(F)cc2)CC1.O=C(O)C=CC(=O)O. The van der Waals surface area contributed by atoms with Crippen LogP contribution in [-0.2, 0) is 24.7 Å². The first kappa shape index (κ1) is 28.6. The largest absolute Gasteiger partial charge is 0.478 e. The molecule has 0 aliphatic carbocycles. The molecule has 10 heteroatoms. The molecular weight excluding hydrogens is 476 g/mol. The molecule has 3 rings (SSSR count). The summed E-state index contributed by atoms with van der Waals surface area (Å²) >= 11 is 0. The lowest BCUT2D eigenvalue weighted by molar-refractivity contribution is -0.145. The molecule has 1 heterocycles. The van der Waals surface area contributed by atoms with E-state index in [2.05, 4.69) is 0 Å². The van der Waals surface area contributed by atoms with Gasteiger partial charge in [-0.3, -0.25) is 9.69 Å². The molecule has 0 amide bonds. The maximum atomic E-state index is 13.4. The van der Waals surface area contributed by atoms with Gasteiger partial charge < -0.3 is 20.1 Å². The number of halogens is 2. The normalized spacial score (nSPS) is 14.7. The van der Waals surface area contributed by atoms with Crippen LogP contribution in [0, 0.1) is 17.6 Å². The van der Waals surface area contributed by atoms with Crippen LogP contribution >= 0.6 is 0 Å². The number of aliphatic carboxylic acids is 2. The highest BCUT2D eigenvalue weighted by Crippen LogP contribution is 2.42. The van der Waals surface area contributed by atoms with Gasteiger partial charge >= 0.3 is 17.9 Å². The van der Waals surface area contributed by atoms with Crippen LogP contribution in [0.5, 0.6) is 0 Å². The van der Waals surface area contributed by atoms with Crippen LogP contribution in [0.3, 0.4) is 0 Å². The lowest BCUT2D eigenvalue weighted by Gasteiger charge is -2.42. The number of esters is 1. The molecule has 1 aliphatic rings. The molecule has 2 aromatic carbocycles. The van der Waals surface area contributed by atoms with E-state index in [0.29, 0.717) is 55.8 Å². The van der Waals surface area contributed by atoms with Crippen molar-refractivity contribution < 1.29 is 43.2 Å². The van der Waals surface area contributed by atoms with Crippen LogP contribution in [0.1, 0.15) is 30.9 Å². The van der Waals surface area contributed by atoms with Crippen molar-refractivity contribution in [1.82, 2.24) is 4.90 Å². The quantitative estimate of drug-likeness (QED) is 0.369. The number of benzene rings is 2. The summed E-state index contributed by atoms with van der Waals surface area (Å²) in [6.45, 7) is 3.62. The van der Waals surface area contributed by atoms with E-state index in [1.165, 1.54) is 24.3 Å². The molecule has 0 spiro atoms. The number of likely N-dealkylation sites (tertiary alicyclic amines) is 1. The monoisotopic (exact) mass is 505 g/mol. The van der Waals surface area contributed by atoms with Crippen molar-refractivity contribution in [3.05, 3.63) is 83.4 Å². The smallest absolute Gasteiger partial charge is 0.328 e. The van der Waals surface area contributed by atoms with Crippen molar-refractivity contribution in [1.29, 1.82) is 0 Å². The zero-order valence-corrected chi connectivity index (χ0v) is 19.8. The lowest BCUT2D eigenvalue weighted by Crippen LogP contribution is -2.45. The van der Waals surface area contributed by atoms with Crippen molar-refractivity contribution in [3.63, 3.8) is 0 Å². The van der Waals surface area contributed by atoms with Crippen molar-refractivity contribution in [3.8, 4) is 0 Å². The molecule has 1 aliphatic heterocycles. The third-order valence-electron chi connectivity index (χ3n) is 5.77. The third-order valence-corrected chi connectivity index (χ3v) is 5.77. The number of carbonyl (C=O) groups excluding carboxylic acids is 1. The van der Waals surface area contributed by atoms with Gasteiger partial charge in [-0.15, -0.1) is 0 Å². The van der Waals surface area contributed by atoms with Gasteiger partial charge in [-0.25, -0.2) is 18.4 Å². The number of carboxylic acids is 2. The van der Waals surface area contributed by atoms with Gasteiger partial charge in [0.2, 0.25) is 0 Å². The fourth-order valence-electron chi connectivity index (χ4n) is 4.09. The molecule has 194 valence electrons. The number of aliphatic hydroxyl groups is 1. The molecule has 0 bridgehead atoms. The van der Waals surface area contributed by atoms with E-state index in [1.54, 1.807) is 31.2 Å². The highest BCUT2D eigenvalue weighted by Gasteiger charge is 2.41. The predicted molar refractivity (Wildman–Crippen MR) is 126 cm³/mol. The molecule has 1 fully saturated rings. The molecule has 1 saturated heterocycles. The molecule has 0 saturated carbocycles. The Morgan fingerprint density at radius 1 is 0.917 bits per heavy atom. The predicted octanol–water partition coefficient (Wildman–Crippen LogP) is 3.19. The highest BCUT2D eigenvalue weighted by atomic mass is 19.1. The molecule has 3 N–H and O–H groups in total. The van der Waals surface area contributed by atoms with Gasteiger partial charge in [-0.1, -0.05) is 24.3 Å². The molecule has 2 aromatic rings. The van der Waals surface area contributed by atoms with Crippen molar-refractivity contribution in [2.45, 2.75) is 25.4 Å². The topological polar surface area (TPSA) is 124 Å². The van der Waals surface area contributed by atoms with Gasteiger partial charge in [0.15, 0.2) is 0 Å². The Balaban J connectivity index is 0.000000493. The summed E-state index contributed by atoms with van der Waals surface area (Å²) in [5, 5.41) is 27.4. The van der Waals surface area contributed by atoms with E-state index >= 15 is 0 Å². The Morgan fingerprint density at radius 3 is 1.69 bits per heavy atom. The number of carbonyl (C=O) groups is 3. The first-order valence-corrected chi connectivity index (χ1v) is 11.3. The van der Waals surface area contributed by atoms with E-state index in [4.69, 9.17) is 14.9 Å². The van der Waals surface area contributed by atoms with Gasteiger partial charge in [0.25, 0.3) is 0 Å². The summed E-state index contributed by atoms with van der Waals surface area (Å²) in [6.07, 6.45) is 2.40. The van der Waals surface area contributed by atoms with Crippen molar-refractivity contribution in [2.24, 2.45) is 5.92 Å². The van der Waals surface area contributed by atoms with Crippen LogP contribution in [0.2, 0.25) is 0 Å². The van der Waals surface area contributed by atoms with E-state index in [0.717, 1.165) is 0 Å². The zero-order chi connectivity index (χ0) is 26.7. The van der Waals surface area contributed by atoms with Crippen molar-refractivity contribution >= 4 is 17.9 Å². The first-order chi connectivity index (χ1) is 17.1. The summed E-state index contributed by atoms with van der Waals surface area (Å²) in [4.78, 5) is 32.8. The van der Waals surface area contributed by atoms with Crippen LogP contribution in [-0.4, -0.2) is 64.4 Å². The second-order valence-electron chi connectivity index (χ2n) is 8.15. The molecular formula is C26H29F2NO7. The average Bonchev–Trinajstić information content (AvgIpc) is 2.84.